The number of nitrogens with zero attached hydrogens (tertiary/aromatic N) is 2. The number of hydroxylamine groups is 2. The SMILES string of the molecule is COc1ccc2sc(C(C)N(C)O)nc2c1. The van der Waals surface area contributed by atoms with Crippen molar-refractivity contribution in [2.24, 2.45) is 0 Å². The number of benzene rings is 1. The molecule has 86 valence electrons. The Morgan fingerprint density at radius 2 is 2.25 bits per heavy atom. The molecule has 1 atom stereocenters. The number of fused-ring (bicyclic) bond motifs is 1. The number of rotatable bonds is 3. The van der Waals surface area contributed by atoms with Crippen LogP contribution in [0.4, 0.5) is 0 Å². The summed E-state index contributed by atoms with van der Waals surface area (Å²) in [4.78, 5) is 4.48. The van der Waals surface area contributed by atoms with Crippen molar-refractivity contribution in [3.05, 3.63) is 23.2 Å². The summed E-state index contributed by atoms with van der Waals surface area (Å²) >= 11 is 1.58. The molecule has 1 heterocycles. The van der Waals surface area contributed by atoms with E-state index < -0.39 is 0 Å². The molecule has 0 aliphatic carbocycles. The van der Waals surface area contributed by atoms with Gasteiger partial charge in [0.25, 0.3) is 0 Å². The molecule has 5 heteroatoms. The van der Waals surface area contributed by atoms with Gasteiger partial charge in [0.1, 0.15) is 10.8 Å². The molecule has 1 aromatic heterocycles. The Labute approximate surface area is 98.1 Å². The van der Waals surface area contributed by atoms with Crippen molar-refractivity contribution in [1.82, 2.24) is 10.0 Å². The molecule has 2 rings (SSSR count). The number of hydrogen-bond acceptors (Lipinski definition) is 5. The maximum atomic E-state index is 9.38. The zero-order chi connectivity index (χ0) is 11.7. The molecule has 1 unspecified atom stereocenters. The molecule has 0 fully saturated rings. The Bertz CT molecular complexity index is 496. The molecule has 16 heavy (non-hydrogen) atoms. The van der Waals surface area contributed by atoms with Gasteiger partial charge in [0.05, 0.1) is 23.4 Å². The number of ether oxygens (including phenoxy) is 1. The van der Waals surface area contributed by atoms with Crippen LogP contribution in [0.2, 0.25) is 0 Å². The highest BCUT2D eigenvalue weighted by Gasteiger charge is 2.14. The predicted octanol–water partition coefficient (Wildman–Crippen LogP) is 2.69. The Hall–Kier alpha value is -1.17. The van der Waals surface area contributed by atoms with Crippen LogP contribution in [0.3, 0.4) is 0 Å². The molecule has 0 aliphatic rings. The fourth-order valence-corrected chi connectivity index (χ4v) is 2.43. The van der Waals surface area contributed by atoms with Crippen LogP contribution in [0.25, 0.3) is 10.2 Å². The van der Waals surface area contributed by atoms with E-state index in [2.05, 4.69) is 4.98 Å². The second kappa shape index (κ2) is 4.37. The predicted molar refractivity (Wildman–Crippen MR) is 64.1 cm³/mol. The van der Waals surface area contributed by atoms with Gasteiger partial charge in [0.2, 0.25) is 0 Å². The van der Waals surface area contributed by atoms with E-state index in [1.165, 1.54) is 0 Å². The lowest BCUT2D eigenvalue weighted by Gasteiger charge is -2.14. The van der Waals surface area contributed by atoms with Crippen LogP contribution >= 0.6 is 11.3 Å². The lowest BCUT2D eigenvalue weighted by atomic mass is 10.3. The highest BCUT2D eigenvalue weighted by molar-refractivity contribution is 7.18. The maximum absolute atomic E-state index is 9.38. The third-order valence-electron chi connectivity index (χ3n) is 2.53. The first-order valence-corrected chi connectivity index (χ1v) is 5.79. The third kappa shape index (κ3) is 2.02. The summed E-state index contributed by atoms with van der Waals surface area (Å²) in [5.41, 5.74) is 0.910. The molecule has 0 spiro atoms. The molecule has 0 saturated heterocycles. The summed E-state index contributed by atoms with van der Waals surface area (Å²) in [5.74, 6) is 0.800. The van der Waals surface area contributed by atoms with E-state index in [1.807, 2.05) is 25.1 Å². The van der Waals surface area contributed by atoms with Crippen LogP contribution in [0, 0.1) is 0 Å². The average Bonchev–Trinajstić information content (AvgIpc) is 2.69. The van der Waals surface area contributed by atoms with E-state index in [-0.39, 0.29) is 6.04 Å². The molecule has 4 nitrogen and oxygen atoms in total. The fraction of sp³-hybridized carbons (Fsp3) is 0.364. The highest BCUT2D eigenvalue weighted by Crippen LogP contribution is 2.30. The quantitative estimate of drug-likeness (QED) is 0.835. The van der Waals surface area contributed by atoms with Crippen molar-refractivity contribution in [3.63, 3.8) is 0 Å². The first kappa shape index (κ1) is 11.3. The van der Waals surface area contributed by atoms with Crippen molar-refractivity contribution >= 4 is 21.6 Å². The lowest BCUT2D eigenvalue weighted by molar-refractivity contribution is -0.0983. The number of methoxy groups -OCH3 is 1. The van der Waals surface area contributed by atoms with E-state index >= 15 is 0 Å². The first-order valence-electron chi connectivity index (χ1n) is 4.98. The first-order chi connectivity index (χ1) is 7.61. The molecule has 0 aliphatic heterocycles. The largest absolute Gasteiger partial charge is 0.497 e. The van der Waals surface area contributed by atoms with Gasteiger partial charge in [-0.15, -0.1) is 11.3 Å². The van der Waals surface area contributed by atoms with Crippen LogP contribution in [0.1, 0.15) is 18.0 Å². The van der Waals surface area contributed by atoms with Crippen molar-refractivity contribution in [1.29, 1.82) is 0 Å². The van der Waals surface area contributed by atoms with E-state index in [0.717, 1.165) is 26.0 Å². The molecule has 2 aromatic rings. The minimum atomic E-state index is -0.0941. The number of aromatic nitrogens is 1. The Kier molecular flexibility index (Phi) is 3.09. The Morgan fingerprint density at radius 1 is 1.50 bits per heavy atom. The van der Waals surface area contributed by atoms with Gasteiger partial charge < -0.3 is 9.94 Å². The summed E-state index contributed by atoms with van der Waals surface area (Å²) in [7, 11) is 3.26. The van der Waals surface area contributed by atoms with Crippen LogP contribution in [0.15, 0.2) is 18.2 Å². The molecule has 1 aromatic carbocycles. The lowest BCUT2D eigenvalue weighted by Crippen LogP contribution is -2.17. The molecular formula is C11H14N2O2S. The molecular weight excluding hydrogens is 224 g/mol. The van der Waals surface area contributed by atoms with Crippen LogP contribution in [-0.2, 0) is 0 Å². The zero-order valence-corrected chi connectivity index (χ0v) is 10.3. The van der Waals surface area contributed by atoms with Crippen LogP contribution in [-0.4, -0.2) is 29.4 Å². The van der Waals surface area contributed by atoms with E-state index in [1.54, 1.807) is 25.5 Å². The maximum Gasteiger partial charge on any atom is 0.121 e. The van der Waals surface area contributed by atoms with E-state index in [4.69, 9.17) is 4.74 Å². The molecule has 0 bridgehead atoms. The topological polar surface area (TPSA) is 45.6 Å². The number of hydrogen-bond donors (Lipinski definition) is 1. The van der Waals surface area contributed by atoms with Crippen LogP contribution in [0.5, 0.6) is 5.75 Å². The summed E-state index contributed by atoms with van der Waals surface area (Å²) in [6.45, 7) is 1.91. The van der Waals surface area contributed by atoms with Gasteiger partial charge in [0.15, 0.2) is 0 Å². The minimum Gasteiger partial charge on any atom is -0.497 e. The normalized spacial score (nSPS) is 13.3. The average molecular weight is 238 g/mol. The Morgan fingerprint density at radius 3 is 2.88 bits per heavy atom. The minimum absolute atomic E-state index is 0.0941. The van der Waals surface area contributed by atoms with Gasteiger partial charge in [0, 0.05) is 13.1 Å². The van der Waals surface area contributed by atoms with Crippen molar-refractivity contribution in [2.45, 2.75) is 13.0 Å². The van der Waals surface area contributed by atoms with Gasteiger partial charge in [-0.25, -0.2) is 4.98 Å². The molecule has 1 N–H and O–H groups in total. The van der Waals surface area contributed by atoms with Gasteiger partial charge >= 0.3 is 0 Å². The van der Waals surface area contributed by atoms with Gasteiger partial charge in [-0.1, -0.05) is 0 Å². The summed E-state index contributed by atoms with van der Waals surface area (Å²) in [5, 5.41) is 11.4. The molecule has 0 amide bonds. The second-order valence-electron chi connectivity index (χ2n) is 3.64. The fourth-order valence-electron chi connectivity index (χ4n) is 1.39. The summed E-state index contributed by atoms with van der Waals surface area (Å²) in [6.07, 6.45) is 0. The van der Waals surface area contributed by atoms with Crippen molar-refractivity contribution in [3.8, 4) is 5.75 Å². The standard InChI is InChI=1S/C11H14N2O2S/c1-7(13(2)14)11-12-9-6-8(15-3)4-5-10(9)16-11/h4-7,14H,1-3H3. The van der Waals surface area contributed by atoms with E-state index in [0.29, 0.717) is 0 Å². The van der Waals surface area contributed by atoms with Gasteiger partial charge in [-0.2, -0.15) is 5.06 Å². The van der Waals surface area contributed by atoms with E-state index in [9.17, 15) is 5.21 Å². The molecule has 0 radical (unpaired) electrons. The summed E-state index contributed by atoms with van der Waals surface area (Å²) < 4.78 is 6.25. The summed E-state index contributed by atoms with van der Waals surface area (Å²) in [6, 6.07) is 5.71. The van der Waals surface area contributed by atoms with Gasteiger partial charge in [-0.05, 0) is 19.1 Å². The monoisotopic (exact) mass is 238 g/mol. The van der Waals surface area contributed by atoms with Crippen LogP contribution < -0.4 is 4.74 Å². The highest BCUT2D eigenvalue weighted by atomic mass is 32.1. The number of thiazole rings is 1. The smallest absolute Gasteiger partial charge is 0.121 e. The van der Waals surface area contributed by atoms with Crippen molar-refractivity contribution in [2.75, 3.05) is 14.2 Å². The zero-order valence-electron chi connectivity index (χ0n) is 9.47. The second-order valence-corrected chi connectivity index (χ2v) is 4.70. The van der Waals surface area contributed by atoms with Gasteiger partial charge in [-0.3, -0.25) is 0 Å². The Balaban J connectivity index is 2.43. The van der Waals surface area contributed by atoms with Crippen molar-refractivity contribution < 1.29 is 9.94 Å². The molecule has 0 saturated carbocycles. The third-order valence-corrected chi connectivity index (χ3v) is 3.74.